The minimum absolute atomic E-state index is 0.0710. The van der Waals surface area contributed by atoms with Crippen LogP contribution in [0.2, 0.25) is 0 Å². The first-order valence-electron chi connectivity index (χ1n) is 5.38. The van der Waals surface area contributed by atoms with Gasteiger partial charge in [0.15, 0.2) is 5.82 Å². The van der Waals surface area contributed by atoms with E-state index in [2.05, 4.69) is 9.72 Å². The maximum atomic E-state index is 13.7. The van der Waals surface area contributed by atoms with Gasteiger partial charge in [-0.1, -0.05) is 0 Å². The smallest absolute Gasteiger partial charge is 0.314 e. The van der Waals surface area contributed by atoms with Crippen molar-refractivity contribution >= 4 is 5.97 Å². The maximum Gasteiger partial charge on any atom is 0.314 e. The van der Waals surface area contributed by atoms with Gasteiger partial charge in [-0.2, -0.15) is 0 Å². The van der Waals surface area contributed by atoms with Gasteiger partial charge < -0.3 is 14.6 Å². The minimum atomic E-state index is -0.905. The molecule has 0 aliphatic rings. The number of pyridine rings is 1. The number of ether oxygens (including phenoxy) is 2. The number of aliphatic hydroxyl groups is 1. The molecule has 5 nitrogen and oxygen atoms in total. The number of carbonyl (C=O) groups is 1. The number of hydrogen-bond acceptors (Lipinski definition) is 5. The topological polar surface area (TPSA) is 68.7 Å². The summed E-state index contributed by atoms with van der Waals surface area (Å²) in [5, 5.41) is 8.90. The van der Waals surface area contributed by atoms with Crippen LogP contribution in [-0.4, -0.2) is 29.8 Å². The third-order valence-electron chi connectivity index (χ3n) is 2.42. The molecule has 0 aliphatic carbocycles. The molecule has 1 aromatic heterocycles. The first kappa shape index (κ1) is 14.4. The predicted octanol–water partition coefficient (Wildman–Crippen LogP) is 1.29. The van der Waals surface area contributed by atoms with E-state index >= 15 is 0 Å². The van der Waals surface area contributed by atoms with Crippen molar-refractivity contribution in [2.75, 3.05) is 13.7 Å². The fraction of sp³-hybridized carbons (Fsp3) is 0.500. The molecular formula is C12H16FNO4. The van der Waals surface area contributed by atoms with Crippen molar-refractivity contribution < 1.29 is 23.8 Å². The van der Waals surface area contributed by atoms with Gasteiger partial charge >= 0.3 is 5.97 Å². The molecule has 0 spiro atoms. The van der Waals surface area contributed by atoms with E-state index in [1.165, 1.54) is 19.4 Å². The lowest BCUT2D eigenvalue weighted by molar-refractivity contribution is -0.152. The molecule has 100 valence electrons. The van der Waals surface area contributed by atoms with Gasteiger partial charge in [0.1, 0.15) is 6.61 Å². The second-order valence-electron chi connectivity index (χ2n) is 4.41. The average Bonchev–Trinajstić information content (AvgIpc) is 2.36. The maximum absolute atomic E-state index is 13.7. The lowest BCUT2D eigenvalue weighted by atomic mass is 9.95. The van der Waals surface area contributed by atoms with Crippen LogP contribution in [0.3, 0.4) is 0 Å². The molecule has 0 fully saturated rings. The lowest BCUT2D eigenvalue weighted by Gasteiger charge is -2.21. The van der Waals surface area contributed by atoms with Crippen LogP contribution in [0.15, 0.2) is 12.3 Å². The Bertz CT molecular complexity index is 434. The van der Waals surface area contributed by atoms with E-state index in [-0.39, 0.29) is 18.1 Å². The Morgan fingerprint density at radius 2 is 2.22 bits per heavy atom. The minimum Gasteiger partial charge on any atom is -0.474 e. The molecule has 0 radical (unpaired) electrons. The van der Waals surface area contributed by atoms with Crippen molar-refractivity contribution in [3.8, 4) is 5.88 Å². The van der Waals surface area contributed by atoms with Crippen LogP contribution in [0, 0.1) is 11.2 Å². The van der Waals surface area contributed by atoms with Crippen LogP contribution in [0.4, 0.5) is 4.39 Å². The summed E-state index contributed by atoms with van der Waals surface area (Å²) < 4.78 is 23.4. The van der Waals surface area contributed by atoms with Gasteiger partial charge in [0.2, 0.25) is 0 Å². The molecule has 6 heteroatoms. The number of nitrogens with zero attached hydrogens (tertiary/aromatic N) is 1. The zero-order valence-corrected chi connectivity index (χ0v) is 10.6. The van der Waals surface area contributed by atoms with E-state index in [0.29, 0.717) is 0 Å². The van der Waals surface area contributed by atoms with Gasteiger partial charge in [-0.25, -0.2) is 9.37 Å². The second kappa shape index (κ2) is 5.77. The van der Waals surface area contributed by atoms with Crippen molar-refractivity contribution in [2.45, 2.75) is 20.5 Å². The highest BCUT2D eigenvalue weighted by Gasteiger charge is 2.30. The van der Waals surface area contributed by atoms with Gasteiger partial charge in [-0.15, -0.1) is 0 Å². The number of hydrogen-bond donors (Lipinski definition) is 1. The quantitative estimate of drug-likeness (QED) is 0.805. The largest absolute Gasteiger partial charge is 0.474 e. The Labute approximate surface area is 105 Å². The van der Waals surface area contributed by atoms with E-state index in [0.717, 1.165) is 0 Å². The zero-order valence-electron chi connectivity index (χ0n) is 10.6. The Kier molecular flexibility index (Phi) is 4.61. The number of halogens is 1. The second-order valence-corrected chi connectivity index (χ2v) is 4.41. The SMILES string of the molecule is COC(=O)C(C)(C)COc1nccc(CO)c1F. The van der Waals surface area contributed by atoms with E-state index in [1.54, 1.807) is 13.8 Å². The molecule has 0 amide bonds. The molecule has 0 unspecified atom stereocenters. The Hall–Kier alpha value is -1.69. The van der Waals surface area contributed by atoms with Gasteiger partial charge in [-0.05, 0) is 19.9 Å². The number of carbonyl (C=O) groups excluding carboxylic acids is 1. The van der Waals surface area contributed by atoms with Crippen molar-refractivity contribution in [3.05, 3.63) is 23.6 Å². The predicted molar refractivity (Wildman–Crippen MR) is 61.4 cm³/mol. The molecule has 1 heterocycles. The molecule has 0 saturated carbocycles. The first-order valence-corrected chi connectivity index (χ1v) is 5.38. The molecule has 0 saturated heterocycles. The molecule has 0 aromatic carbocycles. The molecule has 0 aliphatic heterocycles. The van der Waals surface area contributed by atoms with E-state index in [1.807, 2.05) is 0 Å². The summed E-state index contributed by atoms with van der Waals surface area (Å²) in [5.74, 6) is -1.42. The zero-order chi connectivity index (χ0) is 13.8. The van der Waals surface area contributed by atoms with Crippen molar-refractivity contribution in [1.29, 1.82) is 0 Å². The van der Waals surface area contributed by atoms with Crippen molar-refractivity contribution in [2.24, 2.45) is 5.41 Å². The summed E-state index contributed by atoms with van der Waals surface area (Å²) in [5.41, 5.74) is -0.811. The normalized spacial score (nSPS) is 11.2. The molecule has 1 rings (SSSR count). The molecule has 0 atom stereocenters. The van der Waals surface area contributed by atoms with Gasteiger partial charge in [0.25, 0.3) is 5.88 Å². The van der Waals surface area contributed by atoms with Crippen LogP contribution >= 0.6 is 0 Å². The summed E-state index contributed by atoms with van der Waals surface area (Å²) in [4.78, 5) is 15.1. The Morgan fingerprint density at radius 3 is 2.78 bits per heavy atom. The number of rotatable bonds is 5. The van der Waals surface area contributed by atoms with Crippen LogP contribution in [0.1, 0.15) is 19.4 Å². The molecule has 1 aromatic rings. The third-order valence-corrected chi connectivity index (χ3v) is 2.42. The summed E-state index contributed by atoms with van der Waals surface area (Å²) >= 11 is 0. The van der Waals surface area contributed by atoms with Crippen molar-refractivity contribution in [3.63, 3.8) is 0 Å². The number of esters is 1. The fourth-order valence-electron chi connectivity index (χ4n) is 1.27. The molecular weight excluding hydrogens is 241 g/mol. The van der Waals surface area contributed by atoms with Crippen LogP contribution < -0.4 is 4.74 Å². The highest BCUT2D eigenvalue weighted by Crippen LogP contribution is 2.22. The highest BCUT2D eigenvalue weighted by atomic mass is 19.1. The third kappa shape index (κ3) is 3.16. The number of methoxy groups -OCH3 is 1. The van der Waals surface area contributed by atoms with Crippen LogP contribution in [0.5, 0.6) is 5.88 Å². The van der Waals surface area contributed by atoms with E-state index < -0.39 is 23.8 Å². The fourth-order valence-corrected chi connectivity index (χ4v) is 1.27. The first-order chi connectivity index (χ1) is 8.42. The average molecular weight is 257 g/mol. The summed E-state index contributed by atoms with van der Waals surface area (Å²) in [6.07, 6.45) is 1.33. The number of aliphatic hydroxyl groups excluding tert-OH is 1. The number of aromatic nitrogens is 1. The van der Waals surface area contributed by atoms with Gasteiger partial charge in [0.05, 0.1) is 19.1 Å². The van der Waals surface area contributed by atoms with Crippen molar-refractivity contribution in [1.82, 2.24) is 4.98 Å². The Morgan fingerprint density at radius 1 is 1.56 bits per heavy atom. The monoisotopic (exact) mass is 257 g/mol. The standard InChI is InChI=1S/C12H16FNO4/c1-12(2,11(16)17-3)7-18-10-9(13)8(6-15)4-5-14-10/h4-5,15H,6-7H2,1-3H3. The van der Waals surface area contributed by atoms with E-state index in [4.69, 9.17) is 9.84 Å². The van der Waals surface area contributed by atoms with Crippen LogP contribution in [-0.2, 0) is 16.1 Å². The van der Waals surface area contributed by atoms with Crippen LogP contribution in [0.25, 0.3) is 0 Å². The summed E-state index contributed by atoms with van der Waals surface area (Å²) in [6, 6.07) is 1.35. The summed E-state index contributed by atoms with van der Waals surface area (Å²) in [6.45, 7) is 2.73. The highest BCUT2D eigenvalue weighted by molar-refractivity contribution is 5.75. The van der Waals surface area contributed by atoms with Gasteiger partial charge in [0, 0.05) is 11.8 Å². The molecule has 18 heavy (non-hydrogen) atoms. The lowest BCUT2D eigenvalue weighted by Crippen LogP contribution is -2.32. The molecule has 0 bridgehead atoms. The molecule has 1 N–H and O–H groups in total. The van der Waals surface area contributed by atoms with E-state index in [9.17, 15) is 9.18 Å². The Balaban J connectivity index is 2.78. The van der Waals surface area contributed by atoms with Gasteiger partial charge in [-0.3, -0.25) is 4.79 Å². The summed E-state index contributed by atoms with van der Waals surface area (Å²) in [7, 11) is 1.27.